The second-order valence-electron chi connectivity index (χ2n) is 3.96. The first-order valence-electron chi connectivity index (χ1n) is 5.68. The molecule has 0 aliphatic rings. The lowest BCUT2D eigenvalue weighted by Crippen LogP contribution is -2.09. The minimum Gasteiger partial charge on any atom is -0.285 e. The average molecular weight is 317 g/mol. The molecule has 0 amide bonds. The van der Waals surface area contributed by atoms with Gasteiger partial charge in [-0.15, -0.1) is 0 Å². The van der Waals surface area contributed by atoms with Crippen molar-refractivity contribution in [1.82, 2.24) is 0 Å². The number of hydrogen-bond donors (Lipinski definition) is 0. The van der Waals surface area contributed by atoms with Crippen molar-refractivity contribution in [2.75, 3.05) is 0 Å². The van der Waals surface area contributed by atoms with Crippen LogP contribution in [0.1, 0.15) is 15.9 Å². The van der Waals surface area contributed by atoms with Crippen LogP contribution in [0.15, 0.2) is 48.5 Å². The summed E-state index contributed by atoms with van der Waals surface area (Å²) in [6, 6.07) is 10.4. The third kappa shape index (κ3) is 3.88. The predicted octanol–water partition coefficient (Wildman–Crippen LogP) is 4.51. The van der Waals surface area contributed by atoms with E-state index in [1.807, 2.05) is 0 Å². The highest BCUT2D eigenvalue weighted by atomic mass is 35.5. The predicted molar refractivity (Wildman–Crippen MR) is 68.9 cm³/mol. The van der Waals surface area contributed by atoms with Gasteiger partial charge in [0.25, 0.3) is 0 Å². The molecule has 21 heavy (non-hydrogen) atoms. The number of rotatable bonds is 3. The van der Waals surface area contributed by atoms with E-state index in [1.54, 1.807) is 18.2 Å². The maximum atomic E-state index is 12.5. The Bertz CT molecular complexity index is 642. The molecule has 2 aromatic carbocycles. The van der Waals surface area contributed by atoms with E-state index < -0.39 is 17.7 Å². The molecule has 0 N–H and O–H groups in total. The fraction of sp³-hybridized carbons (Fsp3) is 0.0714. The Morgan fingerprint density at radius 3 is 2.29 bits per heavy atom. The van der Waals surface area contributed by atoms with Crippen LogP contribution in [0.2, 0.25) is 5.02 Å². The maximum Gasteiger partial charge on any atom is 0.416 e. The molecule has 0 saturated carbocycles. The van der Waals surface area contributed by atoms with Crippen molar-refractivity contribution >= 4 is 17.6 Å². The van der Waals surface area contributed by atoms with Gasteiger partial charge in [-0.3, -0.25) is 4.89 Å². The first-order valence-corrected chi connectivity index (χ1v) is 6.06. The molecular weight excluding hydrogens is 309 g/mol. The smallest absolute Gasteiger partial charge is 0.285 e. The van der Waals surface area contributed by atoms with Gasteiger partial charge in [0.2, 0.25) is 0 Å². The molecule has 0 aliphatic heterocycles. The molecule has 0 atom stereocenters. The van der Waals surface area contributed by atoms with Gasteiger partial charge in [0.15, 0.2) is 5.75 Å². The zero-order valence-electron chi connectivity index (χ0n) is 10.4. The minimum atomic E-state index is -4.51. The fourth-order valence-electron chi connectivity index (χ4n) is 1.45. The summed E-state index contributed by atoms with van der Waals surface area (Å²) in [5.74, 6) is -0.972. The number of carbonyl (C=O) groups excluding carboxylic acids is 1. The molecule has 0 spiro atoms. The maximum absolute atomic E-state index is 12.5. The molecule has 110 valence electrons. The zero-order valence-corrected chi connectivity index (χ0v) is 11.1. The lowest BCUT2D eigenvalue weighted by atomic mass is 10.2. The van der Waals surface area contributed by atoms with Crippen LogP contribution in [0.4, 0.5) is 13.2 Å². The van der Waals surface area contributed by atoms with E-state index in [-0.39, 0.29) is 16.3 Å². The molecular formula is C14H8ClF3O3. The number of benzene rings is 2. The van der Waals surface area contributed by atoms with E-state index in [0.29, 0.717) is 6.07 Å². The van der Waals surface area contributed by atoms with E-state index in [4.69, 9.17) is 11.6 Å². The van der Waals surface area contributed by atoms with Crippen molar-refractivity contribution in [3.63, 3.8) is 0 Å². The van der Waals surface area contributed by atoms with Crippen molar-refractivity contribution in [3.8, 4) is 5.75 Å². The SMILES string of the molecule is O=C(OOc1ccc(C(F)(F)F)cc1Cl)c1ccccc1. The summed E-state index contributed by atoms with van der Waals surface area (Å²) < 4.78 is 37.4. The summed E-state index contributed by atoms with van der Waals surface area (Å²) >= 11 is 5.65. The molecule has 2 aromatic rings. The second-order valence-corrected chi connectivity index (χ2v) is 4.37. The van der Waals surface area contributed by atoms with E-state index in [0.717, 1.165) is 12.1 Å². The first kappa shape index (κ1) is 15.2. The lowest BCUT2D eigenvalue weighted by Gasteiger charge is -2.09. The molecule has 7 heteroatoms. The Hall–Kier alpha value is -2.21. The summed E-state index contributed by atoms with van der Waals surface area (Å²) in [5.41, 5.74) is -0.685. The van der Waals surface area contributed by atoms with Crippen LogP contribution in [0, 0.1) is 0 Å². The van der Waals surface area contributed by atoms with Gasteiger partial charge in [0.1, 0.15) is 0 Å². The molecule has 0 heterocycles. The van der Waals surface area contributed by atoms with Crippen LogP contribution >= 0.6 is 11.6 Å². The van der Waals surface area contributed by atoms with Crippen LogP contribution in [0.5, 0.6) is 5.75 Å². The molecule has 2 rings (SSSR count). The van der Waals surface area contributed by atoms with Gasteiger partial charge in [-0.2, -0.15) is 13.2 Å². The Morgan fingerprint density at radius 2 is 1.71 bits per heavy atom. The topological polar surface area (TPSA) is 35.5 Å². The van der Waals surface area contributed by atoms with Crippen LogP contribution in [-0.4, -0.2) is 5.97 Å². The van der Waals surface area contributed by atoms with E-state index in [1.165, 1.54) is 12.1 Å². The van der Waals surface area contributed by atoms with E-state index in [9.17, 15) is 18.0 Å². The van der Waals surface area contributed by atoms with Crippen molar-refractivity contribution < 1.29 is 27.7 Å². The zero-order chi connectivity index (χ0) is 15.5. The number of alkyl halides is 3. The van der Waals surface area contributed by atoms with Crippen LogP contribution in [0.25, 0.3) is 0 Å². The van der Waals surface area contributed by atoms with E-state index in [2.05, 4.69) is 9.78 Å². The molecule has 0 bridgehead atoms. The van der Waals surface area contributed by atoms with Gasteiger partial charge in [0.05, 0.1) is 16.1 Å². The number of carbonyl (C=O) groups is 1. The van der Waals surface area contributed by atoms with Crippen molar-refractivity contribution in [2.45, 2.75) is 6.18 Å². The van der Waals surface area contributed by atoms with Crippen molar-refractivity contribution in [2.24, 2.45) is 0 Å². The Kier molecular flexibility index (Phi) is 4.37. The van der Waals surface area contributed by atoms with Crippen molar-refractivity contribution in [1.29, 1.82) is 0 Å². The molecule has 0 aliphatic carbocycles. The van der Waals surface area contributed by atoms with Crippen LogP contribution in [0.3, 0.4) is 0 Å². The molecule has 0 fully saturated rings. The van der Waals surface area contributed by atoms with Gasteiger partial charge in [-0.05, 0) is 30.3 Å². The monoisotopic (exact) mass is 316 g/mol. The fourth-order valence-corrected chi connectivity index (χ4v) is 1.66. The van der Waals surface area contributed by atoms with Gasteiger partial charge in [-0.1, -0.05) is 29.8 Å². The summed E-state index contributed by atoms with van der Waals surface area (Å²) in [6.45, 7) is 0. The molecule has 0 saturated heterocycles. The average Bonchev–Trinajstić information content (AvgIpc) is 2.45. The van der Waals surface area contributed by atoms with E-state index >= 15 is 0 Å². The minimum absolute atomic E-state index is 0.186. The Balaban J connectivity index is 2.06. The number of halogens is 4. The van der Waals surface area contributed by atoms with Gasteiger partial charge >= 0.3 is 12.1 Å². The highest BCUT2D eigenvalue weighted by molar-refractivity contribution is 6.32. The van der Waals surface area contributed by atoms with Crippen LogP contribution in [-0.2, 0) is 11.1 Å². The largest absolute Gasteiger partial charge is 0.416 e. The third-order valence-corrected chi connectivity index (χ3v) is 2.77. The number of hydrogen-bond acceptors (Lipinski definition) is 3. The van der Waals surface area contributed by atoms with Gasteiger partial charge < -0.3 is 0 Å². The molecule has 0 radical (unpaired) electrons. The third-order valence-electron chi connectivity index (χ3n) is 2.48. The standard InChI is InChI=1S/C14H8ClF3O3/c15-11-8-10(14(16,17)18)6-7-12(11)20-21-13(19)9-4-2-1-3-5-9/h1-8H. The Labute approximate surface area is 122 Å². The van der Waals surface area contributed by atoms with Gasteiger partial charge in [0, 0.05) is 0 Å². The normalized spacial score (nSPS) is 11.0. The van der Waals surface area contributed by atoms with Crippen molar-refractivity contribution in [3.05, 3.63) is 64.7 Å². The second kappa shape index (κ2) is 6.05. The molecule has 0 aromatic heterocycles. The molecule has 0 unspecified atom stereocenters. The highest BCUT2D eigenvalue weighted by Gasteiger charge is 2.31. The lowest BCUT2D eigenvalue weighted by molar-refractivity contribution is -0.150. The quantitative estimate of drug-likeness (QED) is 0.617. The summed E-state index contributed by atoms with van der Waals surface area (Å²) in [4.78, 5) is 20.8. The molecule has 3 nitrogen and oxygen atoms in total. The summed E-state index contributed by atoms with van der Waals surface area (Å²) in [6.07, 6.45) is -4.51. The Morgan fingerprint density at radius 1 is 1.05 bits per heavy atom. The highest BCUT2D eigenvalue weighted by Crippen LogP contribution is 2.34. The summed E-state index contributed by atoms with van der Waals surface area (Å²) in [5, 5.41) is -0.314. The van der Waals surface area contributed by atoms with Crippen LogP contribution < -0.4 is 4.89 Å². The first-order chi connectivity index (χ1) is 9.88. The van der Waals surface area contributed by atoms with Gasteiger partial charge in [-0.25, -0.2) is 9.68 Å². The summed E-state index contributed by atoms with van der Waals surface area (Å²) in [7, 11) is 0.